The number of amides is 2. The molecule has 2 amide bonds. The predicted molar refractivity (Wildman–Crippen MR) is 147 cm³/mol. The number of urea groups is 1. The lowest BCUT2D eigenvalue weighted by atomic mass is 10.0. The summed E-state index contributed by atoms with van der Waals surface area (Å²) >= 11 is 0. The maximum atomic E-state index is 14.3. The standard InChI is InChI=1S/C31H33N3O2/c35-31(34(28-14-3-1-4-15-28)29-16-5-2-6-17-29)33(20-10-19-32-21-23-36-24-22-32)25-27-13-9-12-26-11-7-8-18-30(26)27/h1-9,11-18H,10,19-25H2. The molecule has 1 aliphatic heterocycles. The van der Waals surface area contributed by atoms with Crippen LogP contribution in [0.25, 0.3) is 10.8 Å². The summed E-state index contributed by atoms with van der Waals surface area (Å²) in [6, 6.07) is 34.6. The molecule has 0 saturated carbocycles. The van der Waals surface area contributed by atoms with Crippen LogP contribution in [0, 0.1) is 0 Å². The molecule has 1 heterocycles. The first-order valence-corrected chi connectivity index (χ1v) is 12.8. The number of morpholine rings is 1. The molecular formula is C31H33N3O2. The van der Waals surface area contributed by atoms with Crippen LogP contribution in [-0.4, -0.2) is 55.2 Å². The van der Waals surface area contributed by atoms with Gasteiger partial charge in [0, 0.05) is 32.7 Å². The summed E-state index contributed by atoms with van der Waals surface area (Å²) in [6.45, 7) is 5.67. The van der Waals surface area contributed by atoms with E-state index in [4.69, 9.17) is 4.74 Å². The number of fused-ring (bicyclic) bond motifs is 1. The van der Waals surface area contributed by atoms with Crippen LogP contribution in [0.3, 0.4) is 0 Å². The van der Waals surface area contributed by atoms with Gasteiger partial charge in [0.15, 0.2) is 0 Å². The van der Waals surface area contributed by atoms with E-state index in [0.717, 1.165) is 56.2 Å². The molecule has 0 N–H and O–H groups in total. The molecule has 1 aliphatic rings. The Morgan fingerprint density at radius 3 is 2.06 bits per heavy atom. The molecule has 0 radical (unpaired) electrons. The van der Waals surface area contributed by atoms with Crippen molar-refractivity contribution in [2.45, 2.75) is 13.0 Å². The van der Waals surface area contributed by atoms with Crippen LogP contribution in [-0.2, 0) is 11.3 Å². The van der Waals surface area contributed by atoms with E-state index in [9.17, 15) is 4.79 Å². The van der Waals surface area contributed by atoms with Crippen LogP contribution in [0.15, 0.2) is 103 Å². The van der Waals surface area contributed by atoms with Gasteiger partial charge in [-0.15, -0.1) is 0 Å². The second-order valence-electron chi connectivity index (χ2n) is 9.16. The number of ether oxygens (including phenoxy) is 1. The summed E-state index contributed by atoms with van der Waals surface area (Å²) in [5.41, 5.74) is 2.89. The number of nitrogens with zero attached hydrogens (tertiary/aromatic N) is 3. The van der Waals surface area contributed by atoms with E-state index in [-0.39, 0.29) is 6.03 Å². The van der Waals surface area contributed by atoms with Crippen molar-refractivity contribution in [2.75, 3.05) is 44.3 Å². The summed E-state index contributed by atoms with van der Waals surface area (Å²) in [5.74, 6) is 0. The average molecular weight is 480 g/mol. The summed E-state index contributed by atoms with van der Waals surface area (Å²) in [7, 11) is 0. The van der Waals surface area contributed by atoms with Crippen LogP contribution in [0.2, 0.25) is 0 Å². The Balaban J connectivity index is 1.45. The van der Waals surface area contributed by atoms with E-state index in [1.54, 1.807) is 0 Å². The van der Waals surface area contributed by atoms with E-state index in [0.29, 0.717) is 13.1 Å². The first-order valence-electron chi connectivity index (χ1n) is 12.8. The normalized spacial score (nSPS) is 14.0. The lowest BCUT2D eigenvalue weighted by Gasteiger charge is -2.32. The van der Waals surface area contributed by atoms with E-state index < -0.39 is 0 Å². The van der Waals surface area contributed by atoms with Crippen LogP contribution in [0.1, 0.15) is 12.0 Å². The highest BCUT2D eigenvalue weighted by atomic mass is 16.5. The maximum Gasteiger partial charge on any atom is 0.329 e. The Labute approximate surface area is 213 Å². The number of carbonyl (C=O) groups is 1. The zero-order chi connectivity index (χ0) is 24.6. The van der Waals surface area contributed by atoms with Crippen molar-refractivity contribution < 1.29 is 9.53 Å². The third-order valence-electron chi connectivity index (χ3n) is 6.74. The van der Waals surface area contributed by atoms with Gasteiger partial charge in [0.05, 0.1) is 24.6 Å². The molecule has 1 fully saturated rings. The minimum absolute atomic E-state index is 0.0117. The molecule has 5 heteroatoms. The van der Waals surface area contributed by atoms with Gasteiger partial charge < -0.3 is 9.64 Å². The van der Waals surface area contributed by atoms with Gasteiger partial charge in [-0.2, -0.15) is 0 Å². The van der Waals surface area contributed by atoms with Gasteiger partial charge in [-0.25, -0.2) is 4.79 Å². The molecule has 184 valence electrons. The molecule has 1 saturated heterocycles. The van der Waals surface area contributed by atoms with E-state index in [1.165, 1.54) is 10.8 Å². The summed E-state index contributed by atoms with van der Waals surface area (Å²) in [4.78, 5) is 20.5. The fourth-order valence-electron chi connectivity index (χ4n) is 4.85. The molecular weight excluding hydrogens is 446 g/mol. The largest absolute Gasteiger partial charge is 0.379 e. The second kappa shape index (κ2) is 11.8. The number of para-hydroxylation sites is 2. The van der Waals surface area contributed by atoms with Gasteiger partial charge in [0.25, 0.3) is 0 Å². The molecule has 0 aromatic heterocycles. The van der Waals surface area contributed by atoms with Crippen molar-refractivity contribution >= 4 is 28.2 Å². The Bertz CT molecular complexity index is 1210. The second-order valence-corrected chi connectivity index (χ2v) is 9.16. The van der Waals surface area contributed by atoms with Crippen molar-refractivity contribution in [3.63, 3.8) is 0 Å². The van der Waals surface area contributed by atoms with Crippen LogP contribution < -0.4 is 4.90 Å². The number of carbonyl (C=O) groups excluding carboxylic acids is 1. The molecule has 0 unspecified atom stereocenters. The first-order chi connectivity index (χ1) is 17.8. The van der Waals surface area contributed by atoms with Gasteiger partial charge in [-0.3, -0.25) is 9.80 Å². The van der Waals surface area contributed by atoms with Gasteiger partial charge >= 0.3 is 6.03 Å². The van der Waals surface area contributed by atoms with E-state index in [2.05, 4.69) is 47.4 Å². The number of hydrogen-bond acceptors (Lipinski definition) is 3. The fraction of sp³-hybridized carbons (Fsp3) is 0.258. The van der Waals surface area contributed by atoms with Crippen LogP contribution in [0.4, 0.5) is 16.2 Å². The Morgan fingerprint density at radius 1 is 0.750 bits per heavy atom. The van der Waals surface area contributed by atoms with E-state index >= 15 is 0 Å². The Morgan fingerprint density at radius 2 is 1.36 bits per heavy atom. The molecule has 0 spiro atoms. The topological polar surface area (TPSA) is 36.0 Å². The van der Waals surface area contributed by atoms with Crippen molar-refractivity contribution in [3.8, 4) is 0 Å². The number of benzene rings is 4. The smallest absolute Gasteiger partial charge is 0.329 e. The number of rotatable bonds is 8. The van der Waals surface area contributed by atoms with E-state index in [1.807, 2.05) is 70.5 Å². The molecule has 36 heavy (non-hydrogen) atoms. The lowest BCUT2D eigenvalue weighted by Crippen LogP contribution is -2.43. The summed E-state index contributed by atoms with van der Waals surface area (Å²) < 4.78 is 5.50. The molecule has 5 rings (SSSR count). The third kappa shape index (κ3) is 5.76. The van der Waals surface area contributed by atoms with Gasteiger partial charge in [-0.05, 0) is 47.0 Å². The van der Waals surface area contributed by atoms with Crippen molar-refractivity contribution in [3.05, 3.63) is 109 Å². The van der Waals surface area contributed by atoms with Crippen LogP contribution in [0.5, 0.6) is 0 Å². The molecule has 0 bridgehead atoms. The van der Waals surface area contributed by atoms with Crippen molar-refractivity contribution in [1.29, 1.82) is 0 Å². The minimum atomic E-state index is -0.0117. The molecule has 4 aromatic carbocycles. The molecule has 0 atom stereocenters. The SMILES string of the molecule is O=C(N(CCCN1CCOCC1)Cc1cccc2ccccc12)N(c1ccccc1)c1ccccc1. The molecule has 5 nitrogen and oxygen atoms in total. The van der Waals surface area contributed by atoms with Gasteiger partial charge in [-0.1, -0.05) is 78.9 Å². The first kappa shape index (κ1) is 24.0. The quantitative estimate of drug-likeness (QED) is 0.297. The predicted octanol–water partition coefficient (Wildman–Crippen LogP) is 6.32. The van der Waals surface area contributed by atoms with Gasteiger partial charge in [0.2, 0.25) is 0 Å². The van der Waals surface area contributed by atoms with Gasteiger partial charge in [0.1, 0.15) is 0 Å². The highest BCUT2D eigenvalue weighted by Crippen LogP contribution is 2.28. The molecule has 0 aliphatic carbocycles. The minimum Gasteiger partial charge on any atom is -0.379 e. The van der Waals surface area contributed by atoms with Crippen LogP contribution >= 0.6 is 0 Å². The zero-order valence-corrected chi connectivity index (χ0v) is 20.6. The monoisotopic (exact) mass is 479 g/mol. The van der Waals surface area contributed by atoms with Crippen molar-refractivity contribution in [2.24, 2.45) is 0 Å². The van der Waals surface area contributed by atoms with Crippen molar-refractivity contribution in [1.82, 2.24) is 9.80 Å². The fourth-order valence-corrected chi connectivity index (χ4v) is 4.85. The summed E-state index contributed by atoms with van der Waals surface area (Å²) in [6.07, 6.45) is 0.911. The lowest BCUT2D eigenvalue weighted by molar-refractivity contribution is 0.0365. The third-order valence-corrected chi connectivity index (χ3v) is 6.74. The Hall–Kier alpha value is -3.67. The molecule has 4 aromatic rings. The number of hydrogen-bond donors (Lipinski definition) is 0. The highest BCUT2D eigenvalue weighted by molar-refractivity contribution is 5.99. The maximum absolute atomic E-state index is 14.3. The summed E-state index contributed by atoms with van der Waals surface area (Å²) in [5, 5.41) is 2.38. The average Bonchev–Trinajstić information content (AvgIpc) is 2.94. The Kier molecular flexibility index (Phi) is 7.91. The highest BCUT2D eigenvalue weighted by Gasteiger charge is 2.25. The number of anilines is 2. The zero-order valence-electron chi connectivity index (χ0n) is 20.6.